The van der Waals surface area contributed by atoms with Gasteiger partial charge in [0, 0.05) is 15.4 Å². The quantitative estimate of drug-likeness (QED) is 0.896. The highest BCUT2D eigenvalue weighted by Crippen LogP contribution is 2.27. The Hall–Kier alpha value is -1.52. The lowest BCUT2D eigenvalue weighted by Gasteiger charge is -2.14. The number of hydrogen-bond acceptors (Lipinski definition) is 3. The Bertz CT molecular complexity index is 609. The van der Waals surface area contributed by atoms with Crippen LogP contribution in [0.25, 0.3) is 0 Å². The van der Waals surface area contributed by atoms with E-state index in [0.717, 1.165) is 5.69 Å². The van der Waals surface area contributed by atoms with E-state index in [2.05, 4.69) is 31.3 Å². The maximum absolute atomic E-state index is 11.2. The molecule has 3 N–H and O–H groups in total. The number of rotatable bonds is 4. The second-order valence-electron chi connectivity index (χ2n) is 4.37. The van der Waals surface area contributed by atoms with Crippen LogP contribution < -0.4 is 11.1 Å². The molecule has 0 saturated carbocycles. The van der Waals surface area contributed by atoms with E-state index in [0.29, 0.717) is 10.6 Å². The second kappa shape index (κ2) is 5.63. The highest BCUT2D eigenvalue weighted by atomic mass is 35.5. The van der Waals surface area contributed by atoms with Crippen molar-refractivity contribution in [2.75, 3.05) is 5.32 Å². The number of carbonyl (C=O) groups excluding carboxylic acids is 1. The largest absolute Gasteiger partial charge is 0.378 e. The maximum atomic E-state index is 11.2. The molecular weight excluding hydrogens is 280 g/mol. The molecule has 0 fully saturated rings. The van der Waals surface area contributed by atoms with E-state index in [1.807, 2.05) is 6.07 Å². The number of primary amides is 1. The van der Waals surface area contributed by atoms with Crippen molar-refractivity contribution < 1.29 is 4.79 Å². The summed E-state index contributed by atoms with van der Waals surface area (Å²) in [5.41, 5.74) is 6.44. The summed E-state index contributed by atoms with van der Waals surface area (Å²) in [7, 11) is 0. The van der Waals surface area contributed by atoms with Gasteiger partial charge in [-0.2, -0.15) is 0 Å². The number of halogens is 1. The van der Waals surface area contributed by atoms with Crippen molar-refractivity contribution in [1.82, 2.24) is 0 Å². The summed E-state index contributed by atoms with van der Waals surface area (Å²) in [6.07, 6.45) is 0. The molecule has 1 aromatic carbocycles. The fourth-order valence-corrected chi connectivity index (χ4v) is 2.90. The summed E-state index contributed by atoms with van der Waals surface area (Å²) in [4.78, 5) is 13.8. The van der Waals surface area contributed by atoms with Crippen LogP contribution in [0, 0.1) is 6.92 Å². The number of benzene rings is 1. The van der Waals surface area contributed by atoms with Gasteiger partial charge in [-0.25, -0.2) is 0 Å². The molecule has 1 unspecified atom stereocenters. The molecule has 0 radical (unpaired) electrons. The Morgan fingerprint density at radius 2 is 2.11 bits per heavy atom. The molecule has 1 amide bonds. The number of nitrogens with two attached hydrogens (primary N) is 1. The molecule has 0 aliphatic rings. The van der Waals surface area contributed by atoms with Gasteiger partial charge in [-0.1, -0.05) is 11.6 Å². The summed E-state index contributed by atoms with van der Waals surface area (Å²) in [5, 5.41) is 3.71. The first-order valence-corrected chi connectivity index (χ1v) is 7.09. The van der Waals surface area contributed by atoms with Crippen LogP contribution in [0.3, 0.4) is 0 Å². The van der Waals surface area contributed by atoms with Gasteiger partial charge in [0.25, 0.3) is 0 Å². The van der Waals surface area contributed by atoms with Gasteiger partial charge in [0.2, 0.25) is 5.91 Å². The van der Waals surface area contributed by atoms with Crippen LogP contribution in [-0.2, 0) is 0 Å². The van der Waals surface area contributed by atoms with Crippen molar-refractivity contribution in [2.45, 2.75) is 19.9 Å². The third-order valence-electron chi connectivity index (χ3n) is 2.80. The molecule has 0 aliphatic carbocycles. The number of amides is 1. The van der Waals surface area contributed by atoms with Gasteiger partial charge in [-0.05, 0) is 44.2 Å². The molecule has 19 heavy (non-hydrogen) atoms. The molecule has 0 spiro atoms. The van der Waals surface area contributed by atoms with E-state index < -0.39 is 5.91 Å². The minimum absolute atomic E-state index is 0.167. The van der Waals surface area contributed by atoms with E-state index >= 15 is 0 Å². The molecule has 2 aromatic rings. The van der Waals surface area contributed by atoms with Gasteiger partial charge in [-0.15, -0.1) is 11.3 Å². The van der Waals surface area contributed by atoms with Crippen LogP contribution in [0.2, 0.25) is 5.02 Å². The van der Waals surface area contributed by atoms with E-state index in [4.69, 9.17) is 17.3 Å². The highest BCUT2D eigenvalue weighted by Gasteiger charge is 2.11. The van der Waals surface area contributed by atoms with Crippen molar-refractivity contribution in [1.29, 1.82) is 0 Å². The highest BCUT2D eigenvalue weighted by molar-refractivity contribution is 7.12. The van der Waals surface area contributed by atoms with Gasteiger partial charge in [0.1, 0.15) is 0 Å². The first-order valence-electron chi connectivity index (χ1n) is 5.89. The molecule has 3 nitrogen and oxygen atoms in total. The lowest BCUT2D eigenvalue weighted by Crippen LogP contribution is -2.12. The Balaban J connectivity index is 2.19. The summed E-state index contributed by atoms with van der Waals surface area (Å²) in [6, 6.07) is 9.56. The Labute approximate surface area is 121 Å². The molecule has 0 saturated heterocycles. The third kappa shape index (κ3) is 3.28. The van der Waals surface area contributed by atoms with Gasteiger partial charge >= 0.3 is 0 Å². The smallest absolute Gasteiger partial charge is 0.250 e. The zero-order chi connectivity index (χ0) is 14.0. The number of anilines is 1. The first-order chi connectivity index (χ1) is 8.97. The van der Waals surface area contributed by atoms with Gasteiger partial charge in [-0.3, -0.25) is 4.79 Å². The van der Waals surface area contributed by atoms with Crippen LogP contribution in [0.5, 0.6) is 0 Å². The molecule has 0 aliphatic heterocycles. The Kier molecular flexibility index (Phi) is 4.12. The summed E-state index contributed by atoms with van der Waals surface area (Å²) < 4.78 is 0. The number of nitrogens with one attached hydrogen (secondary N) is 1. The van der Waals surface area contributed by atoms with E-state index in [9.17, 15) is 4.79 Å². The van der Waals surface area contributed by atoms with Crippen LogP contribution in [0.1, 0.15) is 33.1 Å². The topological polar surface area (TPSA) is 55.1 Å². The Morgan fingerprint density at radius 3 is 2.68 bits per heavy atom. The summed E-state index contributed by atoms with van der Waals surface area (Å²) in [5.74, 6) is -0.520. The van der Waals surface area contributed by atoms with Crippen molar-refractivity contribution in [3.05, 3.63) is 50.7 Å². The zero-order valence-electron chi connectivity index (χ0n) is 10.7. The molecule has 1 atom stereocenters. The normalized spacial score (nSPS) is 12.2. The van der Waals surface area contributed by atoms with Crippen LogP contribution in [0.4, 0.5) is 5.69 Å². The molecule has 1 heterocycles. The predicted octanol–water partition coefficient (Wildman–Crippen LogP) is 3.98. The minimum Gasteiger partial charge on any atom is -0.378 e. The molecule has 2 rings (SSSR count). The molecular formula is C14H15ClN2OS. The first kappa shape index (κ1) is 13.9. The van der Waals surface area contributed by atoms with E-state index in [1.165, 1.54) is 9.75 Å². The fourth-order valence-electron chi connectivity index (χ4n) is 1.81. The standard InChI is InChI=1S/C14H15ClN2OS/c1-8-3-6-13(19-8)9(2)17-10-4-5-12(15)11(7-10)14(16)18/h3-7,9,17H,1-2H3,(H2,16,18). The minimum atomic E-state index is -0.520. The maximum Gasteiger partial charge on any atom is 0.250 e. The third-order valence-corrected chi connectivity index (χ3v) is 4.32. The van der Waals surface area contributed by atoms with Gasteiger partial charge in [0.05, 0.1) is 16.6 Å². The van der Waals surface area contributed by atoms with Crippen molar-refractivity contribution >= 4 is 34.5 Å². The van der Waals surface area contributed by atoms with Gasteiger partial charge in [0.15, 0.2) is 0 Å². The monoisotopic (exact) mass is 294 g/mol. The van der Waals surface area contributed by atoms with Crippen molar-refractivity contribution in [3.8, 4) is 0 Å². The summed E-state index contributed by atoms with van der Waals surface area (Å²) in [6.45, 7) is 4.15. The average molecular weight is 295 g/mol. The molecule has 100 valence electrons. The molecule has 1 aromatic heterocycles. The number of carbonyl (C=O) groups is 1. The van der Waals surface area contributed by atoms with E-state index in [1.54, 1.807) is 23.5 Å². The van der Waals surface area contributed by atoms with E-state index in [-0.39, 0.29) is 6.04 Å². The lowest BCUT2D eigenvalue weighted by molar-refractivity contribution is 0.100. The summed E-state index contributed by atoms with van der Waals surface area (Å²) >= 11 is 7.67. The van der Waals surface area contributed by atoms with Crippen molar-refractivity contribution in [3.63, 3.8) is 0 Å². The van der Waals surface area contributed by atoms with Gasteiger partial charge < -0.3 is 11.1 Å². The number of hydrogen-bond donors (Lipinski definition) is 2. The van der Waals surface area contributed by atoms with Crippen LogP contribution >= 0.6 is 22.9 Å². The molecule has 5 heteroatoms. The zero-order valence-corrected chi connectivity index (χ0v) is 12.3. The number of thiophene rings is 1. The molecule has 0 bridgehead atoms. The van der Waals surface area contributed by atoms with Crippen LogP contribution in [-0.4, -0.2) is 5.91 Å². The lowest BCUT2D eigenvalue weighted by atomic mass is 10.1. The average Bonchev–Trinajstić information content (AvgIpc) is 2.78. The second-order valence-corrected chi connectivity index (χ2v) is 6.10. The van der Waals surface area contributed by atoms with Crippen LogP contribution in [0.15, 0.2) is 30.3 Å². The fraction of sp³-hybridized carbons (Fsp3) is 0.214. The van der Waals surface area contributed by atoms with Crippen molar-refractivity contribution in [2.24, 2.45) is 5.73 Å². The predicted molar refractivity (Wildman–Crippen MR) is 81.1 cm³/mol. The Morgan fingerprint density at radius 1 is 1.37 bits per heavy atom. The SMILES string of the molecule is Cc1ccc(C(C)Nc2ccc(Cl)c(C(N)=O)c2)s1. The number of aryl methyl sites for hydroxylation is 1.